The van der Waals surface area contributed by atoms with Gasteiger partial charge in [0, 0.05) is 25.0 Å². The van der Waals surface area contributed by atoms with Crippen LogP contribution in [0.3, 0.4) is 0 Å². The number of aromatic nitrogens is 1. The zero-order valence-electron chi connectivity index (χ0n) is 11.3. The first kappa shape index (κ1) is 13.5. The van der Waals surface area contributed by atoms with Crippen molar-refractivity contribution in [3.8, 4) is 0 Å². The van der Waals surface area contributed by atoms with Gasteiger partial charge in [-0.15, -0.1) is 0 Å². The highest BCUT2D eigenvalue weighted by atomic mass is 16.6. The zero-order valence-corrected chi connectivity index (χ0v) is 11.3. The van der Waals surface area contributed by atoms with Gasteiger partial charge in [0.05, 0.1) is 25.9 Å². The van der Waals surface area contributed by atoms with Gasteiger partial charge in [-0.05, 0) is 38.1 Å². The van der Waals surface area contributed by atoms with Gasteiger partial charge in [0.15, 0.2) is 0 Å². The first-order valence-corrected chi connectivity index (χ1v) is 6.53. The lowest BCUT2D eigenvalue weighted by atomic mass is 10.2. The standard InChI is InChI=1S/C14H22N2O2/c1-12-9-13(3-5-15-12)10-16(2)6-4-14-11-17-7-8-18-14/h3,5,9,14H,4,6-8,10-11H2,1-2H3. The number of hydrogen-bond donors (Lipinski definition) is 0. The number of rotatable bonds is 5. The van der Waals surface area contributed by atoms with Crippen molar-refractivity contribution < 1.29 is 9.47 Å². The Bertz CT molecular complexity index is 365. The van der Waals surface area contributed by atoms with E-state index in [0.29, 0.717) is 0 Å². The summed E-state index contributed by atoms with van der Waals surface area (Å²) in [7, 11) is 2.14. The van der Waals surface area contributed by atoms with Gasteiger partial charge in [0.2, 0.25) is 0 Å². The minimum Gasteiger partial charge on any atom is -0.376 e. The summed E-state index contributed by atoms with van der Waals surface area (Å²) in [4.78, 5) is 6.52. The van der Waals surface area contributed by atoms with Gasteiger partial charge in [-0.2, -0.15) is 0 Å². The summed E-state index contributed by atoms with van der Waals surface area (Å²) in [5.41, 5.74) is 2.38. The quantitative estimate of drug-likeness (QED) is 0.795. The van der Waals surface area contributed by atoms with E-state index >= 15 is 0 Å². The largest absolute Gasteiger partial charge is 0.376 e. The van der Waals surface area contributed by atoms with Crippen molar-refractivity contribution in [2.24, 2.45) is 0 Å². The van der Waals surface area contributed by atoms with E-state index in [9.17, 15) is 0 Å². The smallest absolute Gasteiger partial charge is 0.0821 e. The molecule has 100 valence electrons. The Kier molecular flexibility index (Phi) is 5.11. The van der Waals surface area contributed by atoms with Crippen LogP contribution >= 0.6 is 0 Å². The van der Waals surface area contributed by atoms with Crippen LogP contribution in [0.15, 0.2) is 18.3 Å². The van der Waals surface area contributed by atoms with Crippen molar-refractivity contribution in [2.45, 2.75) is 26.0 Å². The van der Waals surface area contributed by atoms with Gasteiger partial charge in [0.1, 0.15) is 0 Å². The van der Waals surface area contributed by atoms with Crippen LogP contribution in [-0.2, 0) is 16.0 Å². The Morgan fingerprint density at radius 1 is 1.44 bits per heavy atom. The van der Waals surface area contributed by atoms with Crippen molar-refractivity contribution >= 4 is 0 Å². The molecule has 0 spiro atoms. The first-order valence-electron chi connectivity index (χ1n) is 6.53. The molecular weight excluding hydrogens is 228 g/mol. The Labute approximate surface area is 109 Å². The molecule has 1 aromatic rings. The lowest BCUT2D eigenvalue weighted by Gasteiger charge is -2.25. The maximum absolute atomic E-state index is 5.64. The molecule has 1 aromatic heterocycles. The number of hydrogen-bond acceptors (Lipinski definition) is 4. The third-order valence-electron chi connectivity index (χ3n) is 3.13. The highest BCUT2D eigenvalue weighted by molar-refractivity contribution is 5.14. The highest BCUT2D eigenvalue weighted by Crippen LogP contribution is 2.08. The summed E-state index contributed by atoms with van der Waals surface area (Å²) in [5, 5.41) is 0. The van der Waals surface area contributed by atoms with E-state index < -0.39 is 0 Å². The third-order valence-corrected chi connectivity index (χ3v) is 3.13. The molecule has 2 heterocycles. The highest BCUT2D eigenvalue weighted by Gasteiger charge is 2.14. The minimum absolute atomic E-state index is 0.264. The number of nitrogens with zero attached hydrogens (tertiary/aromatic N) is 2. The Balaban J connectivity index is 1.72. The van der Waals surface area contributed by atoms with Gasteiger partial charge in [-0.25, -0.2) is 0 Å². The Morgan fingerprint density at radius 2 is 2.33 bits per heavy atom. The van der Waals surface area contributed by atoms with Gasteiger partial charge in [0.25, 0.3) is 0 Å². The predicted molar refractivity (Wildman–Crippen MR) is 70.5 cm³/mol. The van der Waals surface area contributed by atoms with Crippen LogP contribution in [0.2, 0.25) is 0 Å². The van der Waals surface area contributed by atoms with Crippen LogP contribution in [0.4, 0.5) is 0 Å². The molecule has 1 fully saturated rings. The molecule has 18 heavy (non-hydrogen) atoms. The topological polar surface area (TPSA) is 34.6 Å². The molecule has 0 bridgehead atoms. The van der Waals surface area contributed by atoms with Crippen molar-refractivity contribution in [3.05, 3.63) is 29.6 Å². The van der Waals surface area contributed by atoms with Gasteiger partial charge < -0.3 is 14.4 Å². The van der Waals surface area contributed by atoms with E-state index in [2.05, 4.69) is 29.1 Å². The predicted octanol–water partition coefficient (Wildman–Crippen LogP) is 1.63. The lowest BCUT2D eigenvalue weighted by molar-refractivity contribution is -0.0923. The fraction of sp³-hybridized carbons (Fsp3) is 0.643. The van der Waals surface area contributed by atoms with Gasteiger partial charge >= 0.3 is 0 Å². The summed E-state index contributed by atoms with van der Waals surface area (Å²) >= 11 is 0. The second kappa shape index (κ2) is 6.83. The molecule has 1 unspecified atom stereocenters. The maximum Gasteiger partial charge on any atom is 0.0821 e. The SMILES string of the molecule is Cc1cc(CN(C)CCC2COCCO2)ccn1. The van der Waals surface area contributed by atoms with Crippen LogP contribution in [0.5, 0.6) is 0 Å². The maximum atomic E-state index is 5.64. The molecule has 2 rings (SSSR count). The summed E-state index contributed by atoms with van der Waals surface area (Å²) in [6.45, 7) is 6.21. The van der Waals surface area contributed by atoms with Crippen LogP contribution in [-0.4, -0.2) is 49.4 Å². The molecule has 0 saturated carbocycles. The first-order chi connectivity index (χ1) is 8.74. The van der Waals surface area contributed by atoms with E-state index in [1.165, 1.54) is 5.56 Å². The molecule has 4 heteroatoms. The van der Waals surface area contributed by atoms with Crippen LogP contribution < -0.4 is 0 Å². The Morgan fingerprint density at radius 3 is 3.06 bits per heavy atom. The lowest BCUT2D eigenvalue weighted by Crippen LogP contribution is -2.32. The second-order valence-corrected chi connectivity index (χ2v) is 4.90. The number of ether oxygens (including phenoxy) is 2. The molecule has 0 radical (unpaired) electrons. The molecule has 0 aliphatic carbocycles. The molecule has 0 N–H and O–H groups in total. The van der Waals surface area contributed by atoms with Gasteiger partial charge in [-0.3, -0.25) is 4.98 Å². The number of pyridine rings is 1. The zero-order chi connectivity index (χ0) is 12.8. The van der Waals surface area contributed by atoms with Crippen LogP contribution in [0.1, 0.15) is 17.7 Å². The van der Waals surface area contributed by atoms with Crippen molar-refractivity contribution in [1.29, 1.82) is 0 Å². The van der Waals surface area contributed by atoms with E-state index in [0.717, 1.165) is 45.0 Å². The molecule has 1 aliphatic heterocycles. The van der Waals surface area contributed by atoms with Gasteiger partial charge in [-0.1, -0.05) is 0 Å². The third kappa shape index (κ3) is 4.37. The average Bonchev–Trinajstić information content (AvgIpc) is 2.38. The molecule has 1 saturated heterocycles. The summed E-state index contributed by atoms with van der Waals surface area (Å²) in [5.74, 6) is 0. The second-order valence-electron chi connectivity index (χ2n) is 4.90. The molecule has 0 aromatic carbocycles. The van der Waals surface area contributed by atoms with E-state index in [-0.39, 0.29) is 6.10 Å². The fourth-order valence-electron chi connectivity index (χ4n) is 2.16. The normalized spacial score (nSPS) is 20.3. The van der Waals surface area contributed by atoms with Crippen molar-refractivity contribution in [1.82, 2.24) is 9.88 Å². The average molecular weight is 250 g/mol. The summed E-state index contributed by atoms with van der Waals surface area (Å²) in [6, 6.07) is 4.21. The molecule has 4 nitrogen and oxygen atoms in total. The summed E-state index contributed by atoms with van der Waals surface area (Å²) in [6.07, 6.45) is 3.16. The van der Waals surface area contributed by atoms with Crippen molar-refractivity contribution in [3.63, 3.8) is 0 Å². The molecule has 1 atom stereocenters. The van der Waals surface area contributed by atoms with E-state index in [1.807, 2.05) is 13.1 Å². The monoisotopic (exact) mass is 250 g/mol. The molecular formula is C14H22N2O2. The Hall–Kier alpha value is -0.970. The fourth-order valence-corrected chi connectivity index (χ4v) is 2.16. The van der Waals surface area contributed by atoms with Crippen LogP contribution in [0, 0.1) is 6.92 Å². The molecule has 1 aliphatic rings. The molecule has 0 amide bonds. The van der Waals surface area contributed by atoms with Crippen LogP contribution in [0.25, 0.3) is 0 Å². The van der Waals surface area contributed by atoms with Crippen molar-refractivity contribution in [2.75, 3.05) is 33.4 Å². The minimum atomic E-state index is 0.264. The van der Waals surface area contributed by atoms with E-state index in [4.69, 9.17) is 9.47 Å². The summed E-state index contributed by atoms with van der Waals surface area (Å²) < 4.78 is 11.0. The number of aryl methyl sites for hydroxylation is 1. The van der Waals surface area contributed by atoms with E-state index in [1.54, 1.807) is 0 Å².